The Morgan fingerprint density at radius 3 is 2.48 bits per heavy atom. The summed E-state index contributed by atoms with van der Waals surface area (Å²) in [6.45, 7) is 7.88. The second-order valence-corrected chi connectivity index (χ2v) is 6.40. The Kier molecular flexibility index (Phi) is 7.67. The van der Waals surface area contributed by atoms with Crippen molar-refractivity contribution in [3.05, 3.63) is 60.2 Å². The van der Waals surface area contributed by atoms with E-state index in [1.54, 1.807) is 19.1 Å². The molecular weight excluding hydrogens is 340 g/mol. The zero-order valence-corrected chi connectivity index (χ0v) is 16.2. The molecule has 0 spiro atoms. The van der Waals surface area contributed by atoms with Crippen LogP contribution in [0, 0.1) is 6.92 Å². The largest absolute Gasteiger partial charge is 0.370 e. The first kappa shape index (κ1) is 20.3. The fourth-order valence-electron chi connectivity index (χ4n) is 2.71. The van der Waals surface area contributed by atoms with E-state index in [9.17, 15) is 9.59 Å². The van der Waals surface area contributed by atoms with E-state index in [1.165, 1.54) is 5.56 Å². The monoisotopic (exact) mass is 368 g/mol. The van der Waals surface area contributed by atoms with Crippen molar-refractivity contribution >= 4 is 23.3 Å². The lowest BCUT2D eigenvalue weighted by molar-refractivity contribution is -0.122. The smallest absolute Gasteiger partial charge is 0.319 e. The molecule has 1 atom stereocenters. The van der Waals surface area contributed by atoms with Crippen LogP contribution in [0.15, 0.2) is 54.6 Å². The van der Waals surface area contributed by atoms with Crippen LogP contribution in [0.4, 0.5) is 16.2 Å². The summed E-state index contributed by atoms with van der Waals surface area (Å²) < 4.78 is 0. The van der Waals surface area contributed by atoms with Gasteiger partial charge in [-0.05, 0) is 50.6 Å². The molecule has 0 bridgehead atoms. The van der Waals surface area contributed by atoms with E-state index < -0.39 is 12.1 Å². The lowest BCUT2D eigenvalue weighted by atomic mass is 10.2. The number of nitrogens with one attached hydrogen (secondary N) is 3. The Morgan fingerprint density at radius 2 is 1.81 bits per heavy atom. The number of carbonyl (C=O) groups excluding carboxylic acids is 2. The number of hydrogen-bond acceptors (Lipinski definition) is 3. The van der Waals surface area contributed by atoms with Crippen LogP contribution in [0.1, 0.15) is 19.4 Å². The van der Waals surface area contributed by atoms with E-state index in [0.29, 0.717) is 18.8 Å². The number of amides is 3. The van der Waals surface area contributed by atoms with E-state index in [4.69, 9.17) is 0 Å². The predicted molar refractivity (Wildman–Crippen MR) is 110 cm³/mol. The second-order valence-electron chi connectivity index (χ2n) is 6.40. The Bertz CT molecular complexity index is 749. The molecule has 0 aromatic heterocycles. The third kappa shape index (κ3) is 6.66. The van der Waals surface area contributed by atoms with Crippen LogP contribution in [-0.4, -0.2) is 37.6 Å². The van der Waals surface area contributed by atoms with Crippen LogP contribution in [0.25, 0.3) is 0 Å². The van der Waals surface area contributed by atoms with E-state index in [-0.39, 0.29) is 5.91 Å². The Labute approximate surface area is 161 Å². The van der Waals surface area contributed by atoms with Gasteiger partial charge in [-0.1, -0.05) is 30.3 Å². The molecule has 1 unspecified atom stereocenters. The maximum atomic E-state index is 12.2. The minimum Gasteiger partial charge on any atom is -0.370 e. The zero-order chi connectivity index (χ0) is 19.6. The lowest BCUT2D eigenvalue weighted by Crippen LogP contribution is -2.47. The van der Waals surface area contributed by atoms with E-state index >= 15 is 0 Å². The summed E-state index contributed by atoms with van der Waals surface area (Å²) in [4.78, 5) is 26.4. The van der Waals surface area contributed by atoms with Gasteiger partial charge >= 0.3 is 6.03 Å². The van der Waals surface area contributed by atoms with Crippen LogP contribution in [-0.2, 0) is 4.79 Å². The molecule has 0 aliphatic heterocycles. The molecular formula is C21H28N4O2. The number of hydrogen-bond donors (Lipinski definition) is 3. The van der Waals surface area contributed by atoms with Crippen molar-refractivity contribution in [2.75, 3.05) is 29.9 Å². The maximum absolute atomic E-state index is 12.2. The Hall–Kier alpha value is -3.02. The average molecular weight is 368 g/mol. The molecule has 3 amide bonds. The van der Waals surface area contributed by atoms with Crippen molar-refractivity contribution in [2.24, 2.45) is 0 Å². The van der Waals surface area contributed by atoms with Gasteiger partial charge in [0.2, 0.25) is 5.91 Å². The van der Waals surface area contributed by atoms with Crippen molar-refractivity contribution in [2.45, 2.75) is 26.8 Å². The molecule has 27 heavy (non-hydrogen) atoms. The lowest BCUT2D eigenvalue weighted by Gasteiger charge is -2.24. The summed E-state index contributed by atoms with van der Waals surface area (Å²) in [5.41, 5.74) is 3.02. The van der Waals surface area contributed by atoms with E-state index in [0.717, 1.165) is 12.2 Å². The SMILES string of the molecule is CCN(CCNC(=O)C(C)NC(=O)Nc1ccccc1)c1cccc(C)c1. The van der Waals surface area contributed by atoms with Crippen LogP contribution >= 0.6 is 0 Å². The van der Waals surface area contributed by atoms with Crippen LogP contribution in [0.5, 0.6) is 0 Å². The highest BCUT2D eigenvalue weighted by Crippen LogP contribution is 2.14. The molecule has 0 fully saturated rings. The number of nitrogens with zero attached hydrogens (tertiary/aromatic N) is 1. The first-order chi connectivity index (χ1) is 13.0. The normalized spacial score (nSPS) is 11.4. The number of urea groups is 1. The van der Waals surface area contributed by atoms with Crippen molar-refractivity contribution < 1.29 is 9.59 Å². The molecule has 2 aromatic carbocycles. The molecule has 0 heterocycles. The third-order valence-electron chi connectivity index (χ3n) is 4.20. The van der Waals surface area contributed by atoms with Gasteiger partial charge in [-0.25, -0.2) is 4.79 Å². The highest BCUT2D eigenvalue weighted by atomic mass is 16.2. The first-order valence-corrected chi connectivity index (χ1v) is 9.21. The highest BCUT2D eigenvalue weighted by Gasteiger charge is 2.15. The number of para-hydroxylation sites is 1. The molecule has 0 aliphatic carbocycles. The number of anilines is 2. The van der Waals surface area contributed by atoms with Crippen molar-refractivity contribution in [3.8, 4) is 0 Å². The fourth-order valence-corrected chi connectivity index (χ4v) is 2.71. The standard InChI is InChI=1S/C21H28N4O2/c1-4-25(19-12-8-9-16(2)15-19)14-13-22-20(26)17(3)23-21(27)24-18-10-6-5-7-11-18/h5-12,15,17H,4,13-14H2,1-3H3,(H,22,26)(H2,23,24,27). The second kappa shape index (κ2) is 10.2. The predicted octanol–water partition coefficient (Wildman–Crippen LogP) is 3.15. The molecule has 2 rings (SSSR count). The minimum absolute atomic E-state index is 0.210. The average Bonchev–Trinajstić information content (AvgIpc) is 2.65. The number of carbonyl (C=O) groups is 2. The molecule has 6 heteroatoms. The topological polar surface area (TPSA) is 73.5 Å². The number of rotatable bonds is 8. The minimum atomic E-state index is -0.622. The van der Waals surface area contributed by atoms with Gasteiger partial charge in [0.1, 0.15) is 6.04 Å². The van der Waals surface area contributed by atoms with Crippen LogP contribution in [0.3, 0.4) is 0 Å². The molecule has 3 N–H and O–H groups in total. The molecule has 0 saturated heterocycles. The van der Waals surface area contributed by atoms with Gasteiger partial charge in [-0.3, -0.25) is 4.79 Å². The van der Waals surface area contributed by atoms with Gasteiger partial charge in [0.05, 0.1) is 0 Å². The van der Waals surface area contributed by atoms with Gasteiger partial charge in [-0.15, -0.1) is 0 Å². The van der Waals surface area contributed by atoms with Crippen molar-refractivity contribution in [1.82, 2.24) is 10.6 Å². The molecule has 2 aromatic rings. The summed E-state index contributed by atoms with van der Waals surface area (Å²) in [7, 11) is 0. The van der Waals surface area contributed by atoms with Crippen molar-refractivity contribution in [1.29, 1.82) is 0 Å². The first-order valence-electron chi connectivity index (χ1n) is 9.21. The molecule has 144 valence electrons. The zero-order valence-electron chi connectivity index (χ0n) is 16.2. The quantitative estimate of drug-likeness (QED) is 0.670. The molecule has 0 saturated carbocycles. The Morgan fingerprint density at radius 1 is 1.07 bits per heavy atom. The summed E-state index contributed by atoms with van der Waals surface area (Å²) in [5, 5.41) is 8.22. The van der Waals surface area contributed by atoms with Gasteiger partial charge in [0, 0.05) is 31.0 Å². The summed E-state index contributed by atoms with van der Waals surface area (Å²) in [6, 6.07) is 16.4. The fraction of sp³-hybridized carbons (Fsp3) is 0.333. The van der Waals surface area contributed by atoms with Crippen LogP contribution < -0.4 is 20.9 Å². The van der Waals surface area contributed by atoms with E-state index in [2.05, 4.69) is 52.9 Å². The Balaban J connectivity index is 1.76. The van der Waals surface area contributed by atoms with Gasteiger partial charge in [0.25, 0.3) is 0 Å². The molecule has 6 nitrogen and oxygen atoms in total. The number of benzene rings is 2. The summed E-state index contributed by atoms with van der Waals surface area (Å²) in [5.74, 6) is -0.210. The van der Waals surface area contributed by atoms with Gasteiger partial charge < -0.3 is 20.9 Å². The van der Waals surface area contributed by atoms with Gasteiger partial charge in [-0.2, -0.15) is 0 Å². The van der Waals surface area contributed by atoms with Gasteiger partial charge in [0.15, 0.2) is 0 Å². The van der Waals surface area contributed by atoms with Crippen LogP contribution in [0.2, 0.25) is 0 Å². The summed E-state index contributed by atoms with van der Waals surface area (Å²) >= 11 is 0. The maximum Gasteiger partial charge on any atom is 0.319 e. The highest BCUT2D eigenvalue weighted by molar-refractivity contribution is 5.93. The molecule has 0 radical (unpaired) electrons. The summed E-state index contributed by atoms with van der Waals surface area (Å²) in [6.07, 6.45) is 0. The van der Waals surface area contributed by atoms with E-state index in [1.807, 2.05) is 24.3 Å². The van der Waals surface area contributed by atoms with Crippen molar-refractivity contribution in [3.63, 3.8) is 0 Å². The number of aryl methyl sites for hydroxylation is 1. The molecule has 0 aliphatic rings. The number of likely N-dealkylation sites (N-methyl/N-ethyl adjacent to an activating group) is 1. The third-order valence-corrected chi connectivity index (χ3v) is 4.20.